The number of sulfonamides is 1. The summed E-state index contributed by atoms with van der Waals surface area (Å²) in [6.45, 7) is 4.21. The Bertz CT molecular complexity index is 1080. The minimum absolute atomic E-state index is 0.0924. The smallest absolute Gasteiger partial charge is 0.256 e. The monoisotopic (exact) mass is 382 g/mol. The minimum Gasteiger partial charge on any atom is -0.327 e. The van der Waals surface area contributed by atoms with Crippen molar-refractivity contribution in [1.29, 1.82) is 5.26 Å². The van der Waals surface area contributed by atoms with Crippen molar-refractivity contribution in [3.8, 4) is 6.07 Å². The van der Waals surface area contributed by atoms with Crippen LogP contribution in [0.5, 0.6) is 0 Å². The van der Waals surface area contributed by atoms with Gasteiger partial charge in [0.15, 0.2) is 0 Å². The minimum atomic E-state index is -3.73. The molecule has 8 heteroatoms. The van der Waals surface area contributed by atoms with Crippen LogP contribution < -0.4 is 0 Å². The SMILES string of the molecule is Cc1cc(S(=O)(=O)N2CCN3C(=O)c4cccnc4C3C2)cc(C)c1C#N. The fourth-order valence-electron chi connectivity index (χ4n) is 3.87. The molecule has 1 amide bonds. The highest BCUT2D eigenvalue weighted by molar-refractivity contribution is 7.89. The van der Waals surface area contributed by atoms with Gasteiger partial charge < -0.3 is 4.90 Å². The first-order valence-corrected chi connectivity index (χ1v) is 10.1. The first-order valence-electron chi connectivity index (χ1n) is 8.62. The standard InChI is InChI=1S/C19H18N4O3S/c1-12-8-14(9-13(2)16(12)10-20)27(25,26)22-6-7-23-17(11-22)18-15(19(23)24)4-3-5-21-18/h3-5,8-9,17H,6-7,11H2,1-2H3. The van der Waals surface area contributed by atoms with E-state index in [2.05, 4.69) is 11.1 Å². The molecule has 0 radical (unpaired) electrons. The zero-order valence-corrected chi connectivity index (χ0v) is 15.8. The van der Waals surface area contributed by atoms with Gasteiger partial charge in [-0.2, -0.15) is 9.57 Å². The zero-order chi connectivity index (χ0) is 19.3. The summed E-state index contributed by atoms with van der Waals surface area (Å²) >= 11 is 0. The van der Waals surface area contributed by atoms with Crippen molar-refractivity contribution in [2.45, 2.75) is 24.8 Å². The number of carbonyl (C=O) groups is 1. The molecule has 27 heavy (non-hydrogen) atoms. The topological polar surface area (TPSA) is 94.4 Å². The molecule has 0 N–H and O–H groups in total. The largest absolute Gasteiger partial charge is 0.327 e. The Balaban J connectivity index is 1.70. The summed E-state index contributed by atoms with van der Waals surface area (Å²) < 4.78 is 27.8. The molecule has 4 rings (SSSR count). The van der Waals surface area contributed by atoms with Gasteiger partial charge in [-0.1, -0.05) is 0 Å². The Morgan fingerprint density at radius 2 is 1.93 bits per heavy atom. The number of pyridine rings is 1. The van der Waals surface area contributed by atoms with Crippen LogP contribution in [0.15, 0.2) is 35.4 Å². The number of carbonyl (C=O) groups excluding carboxylic acids is 1. The van der Waals surface area contributed by atoms with E-state index in [1.54, 1.807) is 49.2 Å². The number of amides is 1. The maximum atomic E-state index is 13.2. The quantitative estimate of drug-likeness (QED) is 0.789. The number of hydrogen-bond acceptors (Lipinski definition) is 5. The maximum Gasteiger partial charge on any atom is 0.256 e. The van der Waals surface area contributed by atoms with E-state index in [0.717, 1.165) is 0 Å². The van der Waals surface area contributed by atoms with E-state index in [1.807, 2.05) is 0 Å². The highest BCUT2D eigenvalue weighted by atomic mass is 32.2. The zero-order valence-electron chi connectivity index (χ0n) is 15.0. The van der Waals surface area contributed by atoms with Crippen molar-refractivity contribution in [3.05, 3.63) is 58.4 Å². The van der Waals surface area contributed by atoms with Crippen LogP contribution >= 0.6 is 0 Å². The van der Waals surface area contributed by atoms with Gasteiger partial charge in [0.05, 0.1) is 33.8 Å². The van der Waals surface area contributed by atoms with Gasteiger partial charge in [-0.3, -0.25) is 9.78 Å². The van der Waals surface area contributed by atoms with Crippen molar-refractivity contribution in [2.75, 3.05) is 19.6 Å². The molecule has 2 aliphatic rings. The summed E-state index contributed by atoms with van der Waals surface area (Å²) in [7, 11) is -3.73. The average Bonchev–Trinajstić information content (AvgIpc) is 2.94. The van der Waals surface area contributed by atoms with Gasteiger partial charge in [0, 0.05) is 25.8 Å². The van der Waals surface area contributed by atoms with Crippen LogP contribution in [0.2, 0.25) is 0 Å². The Morgan fingerprint density at radius 3 is 2.59 bits per heavy atom. The lowest BCUT2D eigenvalue weighted by atomic mass is 10.0. The Labute approximate surface area is 157 Å². The van der Waals surface area contributed by atoms with Crippen molar-refractivity contribution in [3.63, 3.8) is 0 Å². The van der Waals surface area contributed by atoms with E-state index in [9.17, 15) is 18.5 Å². The third kappa shape index (κ3) is 2.62. The normalized spacial score (nSPS) is 19.5. The highest BCUT2D eigenvalue weighted by Crippen LogP contribution is 2.36. The number of piperazine rings is 1. The van der Waals surface area contributed by atoms with E-state index in [0.29, 0.717) is 34.5 Å². The second kappa shape index (κ2) is 6.15. The van der Waals surface area contributed by atoms with E-state index in [-0.39, 0.29) is 29.9 Å². The van der Waals surface area contributed by atoms with Crippen molar-refractivity contribution in [1.82, 2.24) is 14.2 Å². The molecule has 3 heterocycles. The van der Waals surface area contributed by atoms with Crippen LogP contribution in [-0.2, 0) is 10.0 Å². The summed E-state index contributed by atoms with van der Waals surface area (Å²) in [5, 5.41) is 9.21. The van der Waals surface area contributed by atoms with Gasteiger partial charge in [-0.05, 0) is 49.2 Å². The maximum absolute atomic E-state index is 13.2. The molecular weight excluding hydrogens is 364 g/mol. The molecular formula is C19H18N4O3S. The summed E-state index contributed by atoms with van der Waals surface area (Å²) in [5.41, 5.74) is 2.95. The Kier molecular flexibility index (Phi) is 4.02. The van der Waals surface area contributed by atoms with Gasteiger partial charge in [0.2, 0.25) is 10.0 Å². The summed E-state index contributed by atoms with van der Waals surface area (Å²) in [6.07, 6.45) is 1.62. The fraction of sp³-hybridized carbons (Fsp3) is 0.316. The number of nitrogens with zero attached hydrogens (tertiary/aromatic N) is 4. The molecule has 1 fully saturated rings. The van der Waals surface area contributed by atoms with Crippen LogP contribution in [0.1, 0.15) is 38.8 Å². The van der Waals surface area contributed by atoms with E-state index in [4.69, 9.17) is 0 Å². The number of aryl methyl sites for hydroxylation is 2. The van der Waals surface area contributed by atoms with Crippen molar-refractivity contribution >= 4 is 15.9 Å². The van der Waals surface area contributed by atoms with Crippen LogP contribution in [0.25, 0.3) is 0 Å². The predicted molar refractivity (Wildman–Crippen MR) is 97.4 cm³/mol. The molecule has 0 aliphatic carbocycles. The van der Waals surface area contributed by atoms with Crippen LogP contribution in [0.4, 0.5) is 0 Å². The molecule has 1 aromatic carbocycles. The Hall–Kier alpha value is -2.76. The lowest BCUT2D eigenvalue weighted by molar-refractivity contribution is 0.0625. The fourth-order valence-corrected chi connectivity index (χ4v) is 5.48. The first-order chi connectivity index (χ1) is 12.8. The highest BCUT2D eigenvalue weighted by Gasteiger charge is 2.44. The number of rotatable bonds is 2. The molecule has 2 aromatic rings. The second-order valence-corrected chi connectivity index (χ2v) is 8.80. The van der Waals surface area contributed by atoms with Gasteiger partial charge in [-0.25, -0.2) is 8.42 Å². The van der Waals surface area contributed by atoms with Gasteiger partial charge >= 0.3 is 0 Å². The second-order valence-electron chi connectivity index (χ2n) is 6.86. The van der Waals surface area contributed by atoms with E-state index < -0.39 is 10.0 Å². The summed E-state index contributed by atoms with van der Waals surface area (Å²) in [6, 6.07) is 8.27. The van der Waals surface area contributed by atoms with Gasteiger partial charge in [0.1, 0.15) is 0 Å². The number of aromatic nitrogens is 1. The predicted octanol–water partition coefficient (Wildman–Crippen LogP) is 1.77. The molecule has 1 unspecified atom stereocenters. The third-order valence-electron chi connectivity index (χ3n) is 5.24. The molecule has 2 aliphatic heterocycles. The molecule has 0 spiro atoms. The van der Waals surface area contributed by atoms with Crippen molar-refractivity contribution < 1.29 is 13.2 Å². The number of hydrogen-bond donors (Lipinski definition) is 0. The number of nitriles is 1. The lowest BCUT2D eigenvalue weighted by Gasteiger charge is -2.36. The van der Waals surface area contributed by atoms with Crippen molar-refractivity contribution in [2.24, 2.45) is 0 Å². The lowest BCUT2D eigenvalue weighted by Crippen LogP contribution is -2.49. The van der Waals surface area contributed by atoms with Gasteiger partial charge in [0.25, 0.3) is 5.91 Å². The molecule has 0 saturated carbocycles. The third-order valence-corrected chi connectivity index (χ3v) is 7.09. The number of benzene rings is 1. The molecule has 7 nitrogen and oxygen atoms in total. The van der Waals surface area contributed by atoms with E-state index in [1.165, 1.54) is 4.31 Å². The Morgan fingerprint density at radius 1 is 1.22 bits per heavy atom. The van der Waals surface area contributed by atoms with Crippen LogP contribution in [-0.4, -0.2) is 48.1 Å². The van der Waals surface area contributed by atoms with Crippen LogP contribution in [0.3, 0.4) is 0 Å². The van der Waals surface area contributed by atoms with E-state index >= 15 is 0 Å². The first kappa shape index (κ1) is 17.6. The number of fused-ring (bicyclic) bond motifs is 3. The summed E-state index contributed by atoms with van der Waals surface area (Å²) in [5.74, 6) is -0.0924. The molecule has 1 aromatic heterocycles. The summed E-state index contributed by atoms with van der Waals surface area (Å²) in [4.78, 5) is 18.7. The molecule has 0 bridgehead atoms. The molecule has 1 saturated heterocycles. The van der Waals surface area contributed by atoms with Crippen LogP contribution in [0, 0.1) is 25.2 Å². The molecule has 138 valence electrons. The van der Waals surface area contributed by atoms with Gasteiger partial charge in [-0.15, -0.1) is 0 Å². The average molecular weight is 382 g/mol. The molecule has 1 atom stereocenters.